The molecule has 0 aliphatic carbocycles. The second kappa shape index (κ2) is 4.18. The van der Waals surface area contributed by atoms with E-state index in [0.717, 1.165) is 5.56 Å². The van der Waals surface area contributed by atoms with Crippen LogP contribution in [-0.4, -0.2) is 15.9 Å². The first kappa shape index (κ1) is 9.79. The number of thiazole rings is 1. The molecule has 0 aliphatic rings. The van der Waals surface area contributed by atoms with E-state index in [1.165, 1.54) is 11.3 Å². The van der Waals surface area contributed by atoms with Gasteiger partial charge in [-0.1, -0.05) is 0 Å². The highest BCUT2D eigenvalue weighted by atomic mass is 32.1. The number of nitrogens with one attached hydrogen (secondary N) is 1. The van der Waals surface area contributed by atoms with E-state index >= 15 is 0 Å². The molecule has 0 aromatic carbocycles. The van der Waals surface area contributed by atoms with E-state index < -0.39 is 0 Å². The first-order valence-corrected chi connectivity index (χ1v) is 5.31. The summed E-state index contributed by atoms with van der Waals surface area (Å²) in [7, 11) is 0. The maximum atomic E-state index is 11.6. The zero-order valence-corrected chi connectivity index (χ0v) is 8.91. The SMILES string of the molecule is Cc1cncc(NC(=O)c2cscn2)c1. The highest BCUT2D eigenvalue weighted by Crippen LogP contribution is 2.09. The number of hydrogen-bond donors (Lipinski definition) is 1. The summed E-state index contributed by atoms with van der Waals surface area (Å²) in [4.78, 5) is 19.5. The molecule has 4 nitrogen and oxygen atoms in total. The minimum Gasteiger partial charge on any atom is -0.319 e. The Kier molecular flexibility index (Phi) is 2.73. The van der Waals surface area contributed by atoms with Crippen LogP contribution in [0.1, 0.15) is 16.1 Å². The molecular weight excluding hydrogens is 210 g/mol. The Bertz CT molecular complexity index is 467. The third-order valence-electron chi connectivity index (χ3n) is 1.80. The van der Waals surface area contributed by atoms with Gasteiger partial charge in [-0.2, -0.15) is 0 Å². The largest absolute Gasteiger partial charge is 0.319 e. The zero-order chi connectivity index (χ0) is 10.7. The molecule has 76 valence electrons. The van der Waals surface area contributed by atoms with Crippen molar-refractivity contribution >= 4 is 22.9 Å². The van der Waals surface area contributed by atoms with Gasteiger partial charge in [0.15, 0.2) is 0 Å². The number of anilines is 1. The molecule has 5 heteroatoms. The van der Waals surface area contributed by atoms with E-state index in [1.807, 2.05) is 13.0 Å². The lowest BCUT2D eigenvalue weighted by atomic mass is 10.3. The van der Waals surface area contributed by atoms with Gasteiger partial charge in [-0.25, -0.2) is 4.98 Å². The summed E-state index contributed by atoms with van der Waals surface area (Å²) >= 11 is 1.39. The first-order chi connectivity index (χ1) is 7.25. The lowest BCUT2D eigenvalue weighted by Gasteiger charge is -2.02. The van der Waals surface area contributed by atoms with Crippen molar-refractivity contribution in [3.8, 4) is 0 Å². The van der Waals surface area contributed by atoms with E-state index in [2.05, 4.69) is 15.3 Å². The minimum atomic E-state index is -0.205. The number of hydrogen-bond acceptors (Lipinski definition) is 4. The molecule has 2 heterocycles. The molecule has 0 atom stereocenters. The van der Waals surface area contributed by atoms with Gasteiger partial charge in [-0.15, -0.1) is 11.3 Å². The van der Waals surface area contributed by atoms with Gasteiger partial charge >= 0.3 is 0 Å². The van der Waals surface area contributed by atoms with E-state index in [0.29, 0.717) is 11.4 Å². The Morgan fingerprint density at radius 2 is 2.33 bits per heavy atom. The highest BCUT2D eigenvalue weighted by molar-refractivity contribution is 7.07. The fourth-order valence-electron chi connectivity index (χ4n) is 1.14. The Morgan fingerprint density at radius 3 is 3.00 bits per heavy atom. The van der Waals surface area contributed by atoms with Crippen LogP contribution in [0.25, 0.3) is 0 Å². The molecule has 15 heavy (non-hydrogen) atoms. The average molecular weight is 219 g/mol. The van der Waals surface area contributed by atoms with Crippen LogP contribution in [0.4, 0.5) is 5.69 Å². The molecule has 0 spiro atoms. The van der Waals surface area contributed by atoms with Crippen molar-refractivity contribution in [2.45, 2.75) is 6.92 Å². The standard InChI is InChI=1S/C10H9N3OS/c1-7-2-8(4-11-3-7)13-10(14)9-5-15-6-12-9/h2-6H,1H3,(H,13,14). The highest BCUT2D eigenvalue weighted by Gasteiger charge is 2.07. The Morgan fingerprint density at radius 1 is 1.47 bits per heavy atom. The third kappa shape index (κ3) is 2.38. The van der Waals surface area contributed by atoms with Crippen LogP contribution in [0.5, 0.6) is 0 Å². The first-order valence-electron chi connectivity index (χ1n) is 4.37. The van der Waals surface area contributed by atoms with Crippen LogP contribution in [-0.2, 0) is 0 Å². The van der Waals surface area contributed by atoms with Crippen LogP contribution >= 0.6 is 11.3 Å². The van der Waals surface area contributed by atoms with Crippen molar-refractivity contribution in [3.63, 3.8) is 0 Å². The molecule has 1 amide bonds. The van der Waals surface area contributed by atoms with Gasteiger partial charge in [0.25, 0.3) is 5.91 Å². The topological polar surface area (TPSA) is 54.9 Å². The van der Waals surface area contributed by atoms with Crippen LogP contribution in [0, 0.1) is 6.92 Å². The molecule has 1 N–H and O–H groups in total. The van der Waals surface area contributed by atoms with Crippen molar-refractivity contribution in [1.29, 1.82) is 0 Å². The van der Waals surface area contributed by atoms with Crippen molar-refractivity contribution < 1.29 is 4.79 Å². The van der Waals surface area contributed by atoms with Crippen LogP contribution in [0.3, 0.4) is 0 Å². The van der Waals surface area contributed by atoms with Crippen LogP contribution < -0.4 is 5.32 Å². The van der Waals surface area contributed by atoms with Crippen molar-refractivity contribution in [2.24, 2.45) is 0 Å². The van der Waals surface area contributed by atoms with Gasteiger partial charge < -0.3 is 5.32 Å². The van der Waals surface area contributed by atoms with Crippen LogP contribution in [0.15, 0.2) is 29.4 Å². The maximum absolute atomic E-state index is 11.6. The van der Waals surface area contributed by atoms with Gasteiger partial charge in [0, 0.05) is 11.6 Å². The molecule has 0 radical (unpaired) electrons. The molecule has 0 saturated carbocycles. The van der Waals surface area contributed by atoms with Crippen molar-refractivity contribution in [1.82, 2.24) is 9.97 Å². The van der Waals surface area contributed by atoms with Crippen LogP contribution in [0.2, 0.25) is 0 Å². The smallest absolute Gasteiger partial charge is 0.275 e. The number of rotatable bonds is 2. The monoisotopic (exact) mass is 219 g/mol. The summed E-state index contributed by atoms with van der Waals surface area (Å²) in [5, 5.41) is 4.43. The van der Waals surface area contributed by atoms with Gasteiger partial charge in [0.2, 0.25) is 0 Å². The summed E-state index contributed by atoms with van der Waals surface area (Å²) < 4.78 is 0. The fourth-order valence-corrected chi connectivity index (χ4v) is 1.68. The van der Waals surface area contributed by atoms with Gasteiger partial charge in [0.1, 0.15) is 5.69 Å². The molecule has 0 unspecified atom stereocenters. The number of pyridine rings is 1. The number of nitrogens with zero attached hydrogens (tertiary/aromatic N) is 2. The Hall–Kier alpha value is -1.75. The zero-order valence-electron chi connectivity index (χ0n) is 8.10. The predicted octanol–water partition coefficient (Wildman–Crippen LogP) is 2.10. The van der Waals surface area contributed by atoms with Gasteiger partial charge in [0.05, 0.1) is 17.4 Å². The predicted molar refractivity (Wildman–Crippen MR) is 59.0 cm³/mol. The summed E-state index contributed by atoms with van der Waals surface area (Å²) in [5.74, 6) is -0.205. The van der Waals surface area contributed by atoms with Crippen molar-refractivity contribution in [2.75, 3.05) is 5.32 Å². The second-order valence-electron chi connectivity index (χ2n) is 3.08. The molecule has 0 saturated heterocycles. The lowest BCUT2D eigenvalue weighted by Crippen LogP contribution is -2.12. The quantitative estimate of drug-likeness (QED) is 0.841. The Balaban J connectivity index is 2.13. The summed E-state index contributed by atoms with van der Waals surface area (Å²) in [6.07, 6.45) is 3.34. The summed E-state index contributed by atoms with van der Waals surface area (Å²) in [6.45, 7) is 1.92. The molecule has 0 fully saturated rings. The summed E-state index contributed by atoms with van der Waals surface area (Å²) in [6, 6.07) is 1.86. The number of carbonyl (C=O) groups excluding carboxylic acids is 1. The number of aromatic nitrogens is 2. The number of aryl methyl sites for hydroxylation is 1. The molecule has 0 bridgehead atoms. The molecule has 0 aliphatic heterocycles. The van der Waals surface area contributed by atoms with Gasteiger partial charge in [-0.3, -0.25) is 9.78 Å². The fraction of sp³-hybridized carbons (Fsp3) is 0.100. The number of amides is 1. The van der Waals surface area contributed by atoms with Crippen molar-refractivity contribution in [3.05, 3.63) is 40.6 Å². The molecule has 2 rings (SSSR count). The molecule has 2 aromatic heterocycles. The average Bonchev–Trinajstić information content (AvgIpc) is 2.70. The van der Waals surface area contributed by atoms with E-state index in [9.17, 15) is 4.79 Å². The molecule has 2 aromatic rings. The minimum absolute atomic E-state index is 0.205. The van der Waals surface area contributed by atoms with E-state index in [1.54, 1.807) is 23.3 Å². The maximum Gasteiger partial charge on any atom is 0.275 e. The normalized spacial score (nSPS) is 9.93. The summed E-state index contributed by atoms with van der Waals surface area (Å²) in [5.41, 5.74) is 3.75. The lowest BCUT2D eigenvalue weighted by molar-refractivity contribution is 0.102. The Labute approximate surface area is 91.0 Å². The number of carbonyl (C=O) groups is 1. The molecular formula is C10H9N3OS. The van der Waals surface area contributed by atoms with E-state index in [-0.39, 0.29) is 5.91 Å². The van der Waals surface area contributed by atoms with Gasteiger partial charge in [-0.05, 0) is 18.6 Å². The third-order valence-corrected chi connectivity index (χ3v) is 2.38. The second-order valence-corrected chi connectivity index (χ2v) is 3.80. The van der Waals surface area contributed by atoms with E-state index in [4.69, 9.17) is 0 Å².